The first-order chi connectivity index (χ1) is 12.6. The molecule has 2 aromatic heterocycles. The van der Waals surface area contributed by atoms with Gasteiger partial charge in [-0.3, -0.25) is 9.36 Å². The van der Waals surface area contributed by atoms with Gasteiger partial charge in [-0.15, -0.1) is 11.3 Å². The fourth-order valence-corrected chi connectivity index (χ4v) is 3.69. The van der Waals surface area contributed by atoms with Gasteiger partial charge >= 0.3 is 5.69 Å². The Kier molecular flexibility index (Phi) is 4.14. The maximum absolute atomic E-state index is 12.7. The van der Waals surface area contributed by atoms with Crippen molar-refractivity contribution in [2.24, 2.45) is 0 Å². The molecule has 7 heteroatoms. The lowest BCUT2D eigenvalue weighted by Crippen LogP contribution is -2.24. The largest absolute Gasteiger partial charge is 0.326 e. The number of hydrogen-bond acceptors (Lipinski definition) is 4. The van der Waals surface area contributed by atoms with Crippen molar-refractivity contribution in [1.82, 2.24) is 14.5 Å². The molecule has 4 rings (SSSR count). The monoisotopic (exact) mass is 364 g/mol. The van der Waals surface area contributed by atoms with Crippen LogP contribution in [0.1, 0.15) is 21.1 Å². The van der Waals surface area contributed by atoms with Crippen LogP contribution in [0.15, 0.2) is 59.5 Å². The van der Waals surface area contributed by atoms with E-state index in [4.69, 9.17) is 0 Å². The molecule has 6 nitrogen and oxygen atoms in total. The lowest BCUT2D eigenvalue weighted by molar-refractivity contribution is 0.101. The molecular weight excluding hydrogens is 348 g/mol. The predicted molar refractivity (Wildman–Crippen MR) is 103 cm³/mol. The van der Waals surface area contributed by atoms with E-state index >= 15 is 0 Å². The Hall–Kier alpha value is -3.19. The van der Waals surface area contributed by atoms with Crippen LogP contribution in [0.3, 0.4) is 0 Å². The Morgan fingerprint density at radius 3 is 2.85 bits per heavy atom. The van der Waals surface area contributed by atoms with E-state index in [-0.39, 0.29) is 11.6 Å². The van der Waals surface area contributed by atoms with Crippen molar-refractivity contribution >= 4 is 33.1 Å². The van der Waals surface area contributed by atoms with Crippen LogP contribution in [-0.2, 0) is 6.54 Å². The van der Waals surface area contributed by atoms with Crippen molar-refractivity contribution in [3.8, 4) is 0 Å². The summed E-state index contributed by atoms with van der Waals surface area (Å²) in [6.07, 6.45) is 1.44. The molecule has 0 saturated carbocycles. The molecule has 1 amide bonds. The molecule has 0 bridgehead atoms. The van der Waals surface area contributed by atoms with Crippen LogP contribution in [0.4, 0.5) is 5.69 Å². The molecule has 0 unspecified atom stereocenters. The number of anilines is 1. The highest BCUT2D eigenvalue weighted by Crippen LogP contribution is 2.25. The second-order valence-electron chi connectivity index (χ2n) is 5.92. The Morgan fingerprint density at radius 2 is 2.04 bits per heavy atom. The third-order valence-electron chi connectivity index (χ3n) is 4.04. The summed E-state index contributed by atoms with van der Waals surface area (Å²) in [6, 6.07) is 15.1. The topological polar surface area (TPSA) is 79.8 Å². The lowest BCUT2D eigenvalue weighted by Gasteiger charge is -2.08. The second kappa shape index (κ2) is 6.61. The minimum Gasteiger partial charge on any atom is -0.321 e. The summed E-state index contributed by atoms with van der Waals surface area (Å²) >= 11 is 1.57. The third kappa shape index (κ3) is 3.16. The Labute approximate surface area is 153 Å². The van der Waals surface area contributed by atoms with Gasteiger partial charge in [0.2, 0.25) is 0 Å². The van der Waals surface area contributed by atoms with Crippen LogP contribution < -0.4 is 11.0 Å². The molecule has 2 N–H and O–H groups in total. The van der Waals surface area contributed by atoms with Gasteiger partial charge in [0.05, 0.1) is 21.8 Å². The zero-order chi connectivity index (χ0) is 18.1. The van der Waals surface area contributed by atoms with Gasteiger partial charge in [-0.05, 0) is 30.7 Å². The van der Waals surface area contributed by atoms with E-state index in [9.17, 15) is 9.59 Å². The van der Waals surface area contributed by atoms with Crippen molar-refractivity contribution in [2.75, 3.05) is 5.32 Å². The smallest absolute Gasteiger partial charge is 0.321 e. The zero-order valence-electron chi connectivity index (χ0n) is 14.0. The number of H-pyrrole nitrogens is 1. The van der Waals surface area contributed by atoms with E-state index < -0.39 is 0 Å². The van der Waals surface area contributed by atoms with Crippen LogP contribution in [0.2, 0.25) is 0 Å². The predicted octanol–water partition coefficient (Wildman–Crippen LogP) is 3.40. The van der Waals surface area contributed by atoms with Crippen molar-refractivity contribution < 1.29 is 4.79 Å². The van der Waals surface area contributed by atoms with Crippen LogP contribution >= 0.6 is 11.3 Å². The summed E-state index contributed by atoms with van der Waals surface area (Å²) in [5, 5.41) is 3.84. The molecule has 2 heterocycles. The Morgan fingerprint density at radius 1 is 1.23 bits per heavy atom. The Bertz CT molecular complexity index is 1140. The average molecular weight is 364 g/mol. The fourth-order valence-electron chi connectivity index (χ4n) is 2.82. The second-order valence-corrected chi connectivity index (χ2v) is 7.16. The number of carbonyl (C=O) groups excluding carboxylic acids is 1. The van der Waals surface area contributed by atoms with Gasteiger partial charge in [-0.25, -0.2) is 9.78 Å². The SMILES string of the molecule is Cc1nc2ccc(NC(=O)c3c[nH]c(=O)n3Cc3ccccc3)cc2s1. The van der Waals surface area contributed by atoms with Crippen molar-refractivity contribution in [1.29, 1.82) is 0 Å². The van der Waals surface area contributed by atoms with Crippen LogP contribution in [0, 0.1) is 6.92 Å². The molecule has 0 aliphatic heterocycles. The first-order valence-corrected chi connectivity index (χ1v) is 8.92. The van der Waals surface area contributed by atoms with Crippen LogP contribution in [-0.4, -0.2) is 20.4 Å². The van der Waals surface area contributed by atoms with Crippen LogP contribution in [0.25, 0.3) is 10.2 Å². The van der Waals surface area contributed by atoms with Gasteiger partial charge in [0.15, 0.2) is 0 Å². The molecule has 2 aromatic carbocycles. The lowest BCUT2D eigenvalue weighted by atomic mass is 10.2. The quantitative estimate of drug-likeness (QED) is 0.582. The summed E-state index contributed by atoms with van der Waals surface area (Å²) < 4.78 is 2.44. The number of aryl methyl sites for hydroxylation is 1. The molecule has 26 heavy (non-hydrogen) atoms. The number of nitrogens with one attached hydrogen (secondary N) is 2. The number of rotatable bonds is 4. The zero-order valence-corrected chi connectivity index (χ0v) is 14.8. The minimum atomic E-state index is -0.333. The number of thiazole rings is 1. The molecular formula is C19H16N4O2S. The van der Waals surface area contributed by atoms with Gasteiger partial charge in [0.1, 0.15) is 5.69 Å². The summed E-state index contributed by atoms with van der Waals surface area (Å²) in [7, 11) is 0. The first kappa shape index (κ1) is 16.3. The Balaban J connectivity index is 1.60. The van der Waals surface area contributed by atoms with Gasteiger partial charge in [-0.1, -0.05) is 30.3 Å². The van der Waals surface area contributed by atoms with Gasteiger partial charge in [0.25, 0.3) is 5.91 Å². The molecule has 0 aliphatic rings. The number of fused-ring (bicyclic) bond motifs is 1. The molecule has 0 aliphatic carbocycles. The van der Waals surface area contributed by atoms with E-state index in [1.165, 1.54) is 10.8 Å². The van der Waals surface area contributed by atoms with Gasteiger partial charge in [0, 0.05) is 11.9 Å². The number of aromatic amines is 1. The van der Waals surface area contributed by atoms with Crippen LogP contribution in [0.5, 0.6) is 0 Å². The van der Waals surface area contributed by atoms with Crippen molar-refractivity contribution in [2.45, 2.75) is 13.5 Å². The summed E-state index contributed by atoms with van der Waals surface area (Å²) in [4.78, 5) is 31.8. The van der Waals surface area contributed by atoms with E-state index in [0.717, 1.165) is 20.8 Å². The van der Waals surface area contributed by atoms with Crippen molar-refractivity contribution in [3.63, 3.8) is 0 Å². The standard InChI is InChI=1S/C19H16N4O2S/c1-12-21-15-8-7-14(9-17(15)26-12)22-18(24)16-10-20-19(25)23(16)11-13-5-3-2-4-6-13/h2-10H,11H2,1H3,(H,20,25)(H,22,24). The highest BCUT2D eigenvalue weighted by molar-refractivity contribution is 7.18. The van der Waals surface area contributed by atoms with E-state index in [0.29, 0.717) is 17.9 Å². The van der Waals surface area contributed by atoms with Gasteiger partial charge in [-0.2, -0.15) is 0 Å². The summed E-state index contributed by atoms with van der Waals surface area (Å²) in [5.74, 6) is -0.333. The molecule has 4 aromatic rings. The number of amides is 1. The normalized spacial score (nSPS) is 11.0. The van der Waals surface area contributed by atoms with E-state index in [1.807, 2.05) is 55.5 Å². The molecule has 0 atom stereocenters. The van der Waals surface area contributed by atoms with E-state index in [2.05, 4.69) is 15.3 Å². The number of nitrogens with zero attached hydrogens (tertiary/aromatic N) is 2. The highest BCUT2D eigenvalue weighted by atomic mass is 32.1. The van der Waals surface area contributed by atoms with Gasteiger partial charge < -0.3 is 10.3 Å². The molecule has 0 spiro atoms. The maximum atomic E-state index is 12.7. The number of imidazole rings is 1. The number of aromatic nitrogens is 3. The molecule has 0 saturated heterocycles. The molecule has 0 radical (unpaired) electrons. The first-order valence-electron chi connectivity index (χ1n) is 8.11. The number of carbonyl (C=O) groups is 1. The summed E-state index contributed by atoms with van der Waals surface area (Å²) in [6.45, 7) is 2.28. The van der Waals surface area contributed by atoms with E-state index in [1.54, 1.807) is 11.3 Å². The number of hydrogen-bond donors (Lipinski definition) is 2. The fraction of sp³-hybridized carbons (Fsp3) is 0.105. The maximum Gasteiger partial charge on any atom is 0.326 e. The minimum absolute atomic E-state index is 0.291. The third-order valence-corrected chi connectivity index (χ3v) is 4.97. The van der Waals surface area contributed by atoms with Crippen molar-refractivity contribution in [3.05, 3.63) is 81.5 Å². The highest BCUT2D eigenvalue weighted by Gasteiger charge is 2.15. The molecule has 130 valence electrons. The number of benzene rings is 2. The summed E-state index contributed by atoms with van der Waals surface area (Å²) in [5.41, 5.74) is 2.51. The average Bonchev–Trinajstić information content (AvgIpc) is 3.17. The molecule has 0 fully saturated rings.